The first-order valence-electron chi connectivity index (χ1n) is 5.63. The third-order valence-electron chi connectivity index (χ3n) is 2.87. The zero-order valence-corrected chi connectivity index (χ0v) is 10.8. The normalized spacial score (nSPS) is 11.0. The number of hydrogen-bond acceptors (Lipinski definition) is 4. The number of benzene rings is 1. The molecule has 92 valence electrons. The van der Waals surface area contributed by atoms with E-state index < -0.39 is 0 Å². The molecule has 3 aromatic rings. The smallest absolute Gasteiger partial charge is 0.194 e. The Morgan fingerprint density at radius 1 is 1.39 bits per heavy atom. The van der Waals surface area contributed by atoms with E-state index in [0.29, 0.717) is 6.54 Å². The van der Waals surface area contributed by atoms with Crippen LogP contribution in [-0.2, 0) is 6.54 Å². The Bertz CT molecular complexity index is 686. The van der Waals surface area contributed by atoms with Crippen molar-refractivity contribution < 1.29 is 4.74 Å². The van der Waals surface area contributed by atoms with Crippen molar-refractivity contribution in [2.24, 2.45) is 5.73 Å². The summed E-state index contributed by atoms with van der Waals surface area (Å²) in [6.07, 6.45) is 3.75. The Morgan fingerprint density at radius 3 is 3.00 bits per heavy atom. The number of imidazole rings is 1. The molecule has 18 heavy (non-hydrogen) atoms. The van der Waals surface area contributed by atoms with Crippen molar-refractivity contribution in [3.8, 4) is 17.0 Å². The first-order valence-corrected chi connectivity index (χ1v) is 6.45. The lowest BCUT2D eigenvalue weighted by atomic mass is 10.1. The summed E-state index contributed by atoms with van der Waals surface area (Å²) in [4.78, 5) is 6.38. The van der Waals surface area contributed by atoms with Crippen molar-refractivity contribution in [2.75, 3.05) is 7.11 Å². The average molecular weight is 259 g/mol. The first kappa shape index (κ1) is 11.3. The third kappa shape index (κ3) is 1.60. The van der Waals surface area contributed by atoms with Gasteiger partial charge in [-0.05, 0) is 12.1 Å². The molecule has 2 heterocycles. The van der Waals surface area contributed by atoms with Crippen LogP contribution in [-0.4, -0.2) is 16.5 Å². The van der Waals surface area contributed by atoms with Crippen molar-refractivity contribution >= 4 is 16.3 Å². The van der Waals surface area contributed by atoms with E-state index in [4.69, 9.17) is 10.5 Å². The number of ether oxygens (including phenoxy) is 1. The highest BCUT2D eigenvalue weighted by atomic mass is 32.1. The van der Waals surface area contributed by atoms with Crippen LogP contribution in [0, 0.1) is 0 Å². The van der Waals surface area contributed by atoms with Gasteiger partial charge in [-0.25, -0.2) is 4.98 Å². The second kappa shape index (κ2) is 4.44. The summed E-state index contributed by atoms with van der Waals surface area (Å²) in [6.45, 7) is 0.501. The van der Waals surface area contributed by atoms with Crippen molar-refractivity contribution in [3.63, 3.8) is 0 Å². The molecule has 0 spiro atoms. The maximum absolute atomic E-state index is 5.83. The van der Waals surface area contributed by atoms with Gasteiger partial charge in [0.05, 0.1) is 12.8 Å². The second-order valence-electron chi connectivity index (χ2n) is 3.86. The van der Waals surface area contributed by atoms with Gasteiger partial charge in [-0.1, -0.05) is 23.5 Å². The molecule has 0 saturated heterocycles. The van der Waals surface area contributed by atoms with Crippen molar-refractivity contribution in [3.05, 3.63) is 41.5 Å². The monoisotopic (exact) mass is 259 g/mol. The van der Waals surface area contributed by atoms with Crippen LogP contribution in [0.3, 0.4) is 0 Å². The summed E-state index contributed by atoms with van der Waals surface area (Å²) in [5.41, 5.74) is 7.95. The van der Waals surface area contributed by atoms with E-state index in [2.05, 4.69) is 9.38 Å². The zero-order valence-electron chi connectivity index (χ0n) is 9.96. The SMILES string of the molecule is COc1ccccc1-c1c(CN)sc2nccn12. The highest BCUT2D eigenvalue weighted by Gasteiger charge is 2.16. The topological polar surface area (TPSA) is 52.5 Å². The van der Waals surface area contributed by atoms with Gasteiger partial charge in [0.2, 0.25) is 0 Å². The molecule has 0 unspecified atom stereocenters. The predicted octanol–water partition coefficient (Wildman–Crippen LogP) is 2.53. The number of nitrogens with two attached hydrogens (primary N) is 1. The molecule has 0 aliphatic rings. The number of rotatable bonds is 3. The van der Waals surface area contributed by atoms with E-state index in [0.717, 1.165) is 26.8 Å². The summed E-state index contributed by atoms with van der Waals surface area (Å²) in [5.74, 6) is 0.848. The molecular formula is C13H13N3OS. The van der Waals surface area contributed by atoms with Crippen LogP contribution in [0.15, 0.2) is 36.7 Å². The van der Waals surface area contributed by atoms with Crippen LogP contribution in [0.5, 0.6) is 5.75 Å². The minimum atomic E-state index is 0.501. The summed E-state index contributed by atoms with van der Waals surface area (Å²) < 4.78 is 7.48. The minimum Gasteiger partial charge on any atom is -0.496 e. The fraction of sp³-hybridized carbons (Fsp3) is 0.154. The molecule has 2 N–H and O–H groups in total. The van der Waals surface area contributed by atoms with Crippen LogP contribution < -0.4 is 10.5 Å². The van der Waals surface area contributed by atoms with E-state index in [1.807, 2.05) is 30.5 Å². The molecule has 2 aromatic heterocycles. The Morgan fingerprint density at radius 2 is 2.22 bits per heavy atom. The Kier molecular flexibility index (Phi) is 2.77. The number of thiazole rings is 1. The molecule has 0 aliphatic carbocycles. The number of fused-ring (bicyclic) bond motifs is 1. The highest BCUT2D eigenvalue weighted by molar-refractivity contribution is 7.17. The van der Waals surface area contributed by atoms with Crippen LogP contribution >= 0.6 is 11.3 Å². The van der Waals surface area contributed by atoms with Gasteiger partial charge in [-0.15, -0.1) is 0 Å². The first-order chi connectivity index (χ1) is 8.85. The Labute approximate surface area is 109 Å². The lowest BCUT2D eigenvalue weighted by Crippen LogP contribution is -1.98. The Balaban J connectivity index is 2.32. The van der Waals surface area contributed by atoms with Gasteiger partial charge in [-0.3, -0.25) is 4.40 Å². The molecule has 0 aliphatic heterocycles. The van der Waals surface area contributed by atoms with Gasteiger partial charge in [0.15, 0.2) is 4.96 Å². The van der Waals surface area contributed by atoms with Gasteiger partial charge < -0.3 is 10.5 Å². The van der Waals surface area contributed by atoms with Crippen LogP contribution in [0.2, 0.25) is 0 Å². The summed E-state index contributed by atoms with van der Waals surface area (Å²) in [6, 6.07) is 7.95. The van der Waals surface area contributed by atoms with Crippen molar-refractivity contribution in [1.29, 1.82) is 0 Å². The van der Waals surface area contributed by atoms with E-state index in [1.165, 1.54) is 0 Å². The standard InChI is InChI=1S/C13H13N3OS/c1-17-10-5-3-2-4-9(10)12-11(8-14)18-13-15-6-7-16(12)13/h2-7H,8,14H2,1H3. The number of aromatic nitrogens is 2. The summed E-state index contributed by atoms with van der Waals surface area (Å²) in [5, 5.41) is 0. The maximum atomic E-state index is 5.83. The lowest BCUT2D eigenvalue weighted by Gasteiger charge is -2.09. The zero-order chi connectivity index (χ0) is 12.5. The number of nitrogens with zero attached hydrogens (tertiary/aromatic N) is 2. The van der Waals surface area contributed by atoms with Crippen LogP contribution in [0.4, 0.5) is 0 Å². The molecule has 0 radical (unpaired) electrons. The number of para-hydroxylation sites is 1. The molecule has 4 nitrogen and oxygen atoms in total. The second-order valence-corrected chi connectivity index (χ2v) is 4.92. The Hall–Kier alpha value is -1.85. The van der Waals surface area contributed by atoms with Gasteiger partial charge in [0, 0.05) is 29.4 Å². The van der Waals surface area contributed by atoms with Crippen LogP contribution in [0.1, 0.15) is 4.88 Å². The largest absolute Gasteiger partial charge is 0.496 e. The number of hydrogen-bond donors (Lipinski definition) is 1. The van der Waals surface area contributed by atoms with Crippen molar-refractivity contribution in [1.82, 2.24) is 9.38 Å². The molecule has 0 fully saturated rings. The number of methoxy groups -OCH3 is 1. The van der Waals surface area contributed by atoms with Gasteiger partial charge in [-0.2, -0.15) is 0 Å². The van der Waals surface area contributed by atoms with Gasteiger partial charge in [0.25, 0.3) is 0 Å². The van der Waals surface area contributed by atoms with E-state index in [9.17, 15) is 0 Å². The lowest BCUT2D eigenvalue weighted by molar-refractivity contribution is 0.416. The maximum Gasteiger partial charge on any atom is 0.194 e. The van der Waals surface area contributed by atoms with Crippen LogP contribution in [0.25, 0.3) is 16.2 Å². The third-order valence-corrected chi connectivity index (χ3v) is 3.96. The summed E-state index contributed by atoms with van der Waals surface area (Å²) in [7, 11) is 1.68. The van der Waals surface area contributed by atoms with Gasteiger partial charge >= 0.3 is 0 Å². The molecular weight excluding hydrogens is 246 g/mol. The van der Waals surface area contributed by atoms with Crippen molar-refractivity contribution in [2.45, 2.75) is 6.54 Å². The van der Waals surface area contributed by atoms with Gasteiger partial charge in [0.1, 0.15) is 5.75 Å². The molecule has 5 heteroatoms. The molecule has 0 amide bonds. The minimum absolute atomic E-state index is 0.501. The molecule has 3 rings (SSSR count). The van der Waals surface area contributed by atoms with E-state index in [1.54, 1.807) is 24.6 Å². The molecule has 1 aromatic carbocycles. The average Bonchev–Trinajstić information content (AvgIpc) is 2.98. The van der Waals surface area contributed by atoms with E-state index >= 15 is 0 Å². The summed E-state index contributed by atoms with van der Waals surface area (Å²) >= 11 is 1.62. The predicted molar refractivity (Wildman–Crippen MR) is 72.9 cm³/mol. The fourth-order valence-corrected chi connectivity index (χ4v) is 3.06. The van der Waals surface area contributed by atoms with E-state index in [-0.39, 0.29) is 0 Å². The fourth-order valence-electron chi connectivity index (χ4n) is 2.09. The quantitative estimate of drug-likeness (QED) is 0.786. The molecule has 0 atom stereocenters. The highest BCUT2D eigenvalue weighted by Crippen LogP contribution is 2.36. The molecule has 0 bridgehead atoms. The molecule has 0 saturated carbocycles.